The molecule has 2 saturated heterocycles. The maximum Gasteiger partial charge on any atom is 0.419 e. The highest BCUT2D eigenvalue weighted by molar-refractivity contribution is 7.86. The normalized spacial score (nSPS) is 20.9. The number of aldehydes is 1. The number of hydrogen-bond donors (Lipinski definition) is 1. The van der Waals surface area contributed by atoms with Crippen molar-refractivity contribution in [2.75, 3.05) is 31.5 Å². The second-order valence-corrected chi connectivity index (χ2v) is 11.1. The summed E-state index contributed by atoms with van der Waals surface area (Å²) in [7, 11) is -3.77. The van der Waals surface area contributed by atoms with E-state index in [2.05, 4.69) is 20.4 Å². The molecular weight excluding hydrogens is 544 g/mol. The lowest BCUT2D eigenvalue weighted by Gasteiger charge is -2.37. The number of nitrogens with one attached hydrogen (secondary N) is 1. The van der Waals surface area contributed by atoms with E-state index in [1.54, 1.807) is 0 Å². The number of anilines is 1. The average Bonchev–Trinajstić information content (AvgIpc) is 3.30. The Morgan fingerprint density at radius 3 is 2.37 bits per heavy atom. The van der Waals surface area contributed by atoms with Crippen LogP contribution in [0.4, 0.5) is 32.3 Å². The Labute approximate surface area is 214 Å². The third-order valence-electron chi connectivity index (χ3n) is 6.39. The van der Waals surface area contributed by atoms with E-state index in [4.69, 9.17) is 0 Å². The minimum atomic E-state index is -4.86. The van der Waals surface area contributed by atoms with Gasteiger partial charge in [0.15, 0.2) is 0 Å². The zero-order valence-corrected chi connectivity index (χ0v) is 20.7. The second kappa shape index (κ2) is 10.8. The molecule has 1 N–H and O–H groups in total. The standard InChI is InChI=1S/C21H25F6N7O3S/c22-20(23,24)13-32-11-15(8-29-32)18-17(21(25,26)27)9-28-19(31-18)30-16-3-6-33(7-4-16)38(36,37)34-5-1-2-14(10-34)12-35/h8-9,11-12,14,16H,1-7,10,13H2,(H,28,30,31). The van der Waals surface area contributed by atoms with E-state index in [0.29, 0.717) is 43.1 Å². The van der Waals surface area contributed by atoms with Gasteiger partial charge in [-0.2, -0.15) is 48.5 Å². The Morgan fingerprint density at radius 2 is 1.74 bits per heavy atom. The van der Waals surface area contributed by atoms with Crippen LogP contribution in [0.2, 0.25) is 0 Å². The van der Waals surface area contributed by atoms with Gasteiger partial charge in [0, 0.05) is 56.1 Å². The van der Waals surface area contributed by atoms with E-state index in [1.165, 1.54) is 8.61 Å². The number of alkyl halides is 6. The molecule has 0 aliphatic carbocycles. The van der Waals surface area contributed by atoms with E-state index < -0.39 is 40.4 Å². The van der Waals surface area contributed by atoms with Crippen LogP contribution < -0.4 is 5.32 Å². The Bertz CT molecular complexity index is 1240. The SMILES string of the molecule is O=CC1CCCN(S(=O)(=O)N2CCC(Nc3ncc(C(F)(F)F)c(-c4cnn(CC(F)(F)F)c4)n3)CC2)C1. The van der Waals surface area contributed by atoms with Crippen LogP contribution in [0.1, 0.15) is 31.2 Å². The molecule has 0 amide bonds. The highest BCUT2D eigenvalue weighted by atomic mass is 32.2. The van der Waals surface area contributed by atoms with Crippen molar-refractivity contribution < 1.29 is 39.6 Å². The smallest absolute Gasteiger partial charge is 0.351 e. The molecule has 0 spiro atoms. The molecule has 2 aromatic heterocycles. The molecule has 2 aromatic rings. The van der Waals surface area contributed by atoms with Crippen LogP contribution in [0.3, 0.4) is 0 Å². The summed E-state index contributed by atoms with van der Waals surface area (Å²) in [6, 6.07) is -0.358. The van der Waals surface area contributed by atoms with E-state index in [9.17, 15) is 39.6 Å². The van der Waals surface area contributed by atoms with Gasteiger partial charge in [-0.3, -0.25) is 4.68 Å². The van der Waals surface area contributed by atoms with Gasteiger partial charge in [-0.15, -0.1) is 0 Å². The molecule has 4 heterocycles. The van der Waals surface area contributed by atoms with Crippen molar-refractivity contribution in [2.45, 2.75) is 50.6 Å². The molecule has 1 unspecified atom stereocenters. The van der Waals surface area contributed by atoms with Gasteiger partial charge in [0.05, 0.1) is 11.9 Å². The van der Waals surface area contributed by atoms with Crippen molar-refractivity contribution in [1.29, 1.82) is 0 Å². The van der Waals surface area contributed by atoms with Crippen LogP contribution in [0, 0.1) is 5.92 Å². The fraction of sp³-hybridized carbons (Fsp3) is 0.619. The minimum Gasteiger partial charge on any atom is -0.351 e. The molecule has 0 radical (unpaired) electrons. The van der Waals surface area contributed by atoms with Crippen LogP contribution in [-0.4, -0.2) is 81.5 Å². The van der Waals surface area contributed by atoms with Crippen molar-refractivity contribution in [3.8, 4) is 11.3 Å². The number of aromatic nitrogens is 4. The fourth-order valence-corrected chi connectivity index (χ4v) is 6.24. The highest BCUT2D eigenvalue weighted by Gasteiger charge is 2.38. The first-order valence-corrected chi connectivity index (χ1v) is 13.2. The largest absolute Gasteiger partial charge is 0.419 e. The third kappa shape index (κ3) is 6.61. The maximum atomic E-state index is 13.6. The van der Waals surface area contributed by atoms with E-state index in [0.717, 1.165) is 18.7 Å². The molecule has 2 fully saturated rings. The number of rotatable bonds is 7. The van der Waals surface area contributed by atoms with Gasteiger partial charge < -0.3 is 10.1 Å². The number of carbonyl (C=O) groups excluding carboxylic acids is 1. The molecule has 17 heteroatoms. The molecule has 0 aromatic carbocycles. The Balaban J connectivity index is 1.46. The quantitative estimate of drug-likeness (QED) is 0.403. The molecule has 2 aliphatic rings. The van der Waals surface area contributed by atoms with Gasteiger partial charge >= 0.3 is 12.4 Å². The molecular formula is C21H25F6N7O3S. The molecule has 0 saturated carbocycles. The summed E-state index contributed by atoms with van der Waals surface area (Å²) in [6.07, 6.45) is -4.62. The number of nitrogens with zero attached hydrogens (tertiary/aromatic N) is 6. The second-order valence-electron chi connectivity index (χ2n) is 9.22. The summed E-state index contributed by atoms with van der Waals surface area (Å²) in [5.74, 6) is -0.521. The lowest BCUT2D eigenvalue weighted by Crippen LogP contribution is -2.51. The third-order valence-corrected chi connectivity index (χ3v) is 8.40. The van der Waals surface area contributed by atoms with Crippen LogP contribution in [0.25, 0.3) is 11.3 Å². The van der Waals surface area contributed by atoms with Gasteiger partial charge in [0.1, 0.15) is 18.4 Å². The molecule has 2 aliphatic heterocycles. The Kier molecular flexibility index (Phi) is 7.99. The van der Waals surface area contributed by atoms with Crippen molar-refractivity contribution in [2.24, 2.45) is 5.92 Å². The lowest BCUT2D eigenvalue weighted by atomic mass is 10.0. The summed E-state index contributed by atoms with van der Waals surface area (Å²) < 4.78 is 108. The zero-order valence-electron chi connectivity index (χ0n) is 19.9. The molecule has 1 atom stereocenters. The van der Waals surface area contributed by atoms with Gasteiger partial charge in [0.2, 0.25) is 5.95 Å². The minimum absolute atomic E-state index is 0.131. The molecule has 4 rings (SSSR count). The van der Waals surface area contributed by atoms with Crippen molar-refractivity contribution in [1.82, 2.24) is 28.4 Å². The molecule has 210 valence electrons. The van der Waals surface area contributed by atoms with Crippen molar-refractivity contribution >= 4 is 22.4 Å². The van der Waals surface area contributed by atoms with E-state index in [1.807, 2.05) is 0 Å². The fourth-order valence-electron chi connectivity index (χ4n) is 4.51. The first-order valence-electron chi connectivity index (χ1n) is 11.8. The van der Waals surface area contributed by atoms with Gasteiger partial charge in [-0.25, -0.2) is 9.97 Å². The first-order chi connectivity index (χ1) is 17.8. The van der Waals surface area contributed by atoms with Crippen molar-refractivity contribution in [3.63, 3.8) is 0 Å². The topological polar surface area (TPSA) is 113 Å². The van der Waals surface area contributed by atoms with Crippen LogP contribution in [0.15, 0.2) is 18.6 Å². The first kappa shape index (κ1) is 28.2. The summed E-state index contributed by atoms with van der Waals surface area (Å²) >= 11 is 0. The van der Waals surface area contributed by atoms with Gasteiger partial charge in [-0.05, 0) is 25.7 Å². The number of piperidine rings is 2. The van der Waals surface area contributed by atoms with E-state index in [-0.39, 0.29) is 43.1 Å². The summed E-state index contributed by atoms with van der Waals surface area (Å²) in [5.41, 5.74) is -2.12. The molecule has 0 bridgehead atoms. The summed E-state index contributed by atoms with van der Waals surface area (Å²) in [5, 5.41) is 6.39. The van der Waals surface area contributed by atoms with Crippen LogP contribution >= 0.6 is 0 Å². The molecule has 10 nitrogen and oxygen atoms in total. The Morgan fingerprint density at radius 1 is 1.03 bits per heavy atom. The summed E-state index contributed by atoms with van der Waals surface area (Å²) in [6.45, 7) is -0.739. The van der Waals surface area contributed by atoms with Gasteiger partial charge in [-0.1, -0.05) is 0 Å². The molecule has 38 heavy (non-hydrogen) atoms. The number of halogens is 6. The van der Waals surface area contributed by atoms with Crippen LogP contribution in [0.5, 0.6) is 0 Å². The van der Waals surface area contributed by atoms with Crippen LogP contribution in [-0.2, 0) is 27.7 Å². The zero-order chi connectivity index (χ0) is 27.7. The van der Waals surface area contributed by atoms with Gasteiger partial charge in [0.25, 0.3) is 10.2 Å². The summed E-state index contributed by atoms with van der Waals surface area (Å²) in [4.78, 5) is 18.8. The van der Waals surface area contributed by atoms with E-state index >= 15 is 0 Å². The highest BCUT2D eigenvalue weighted by Crippen LogP contribution is 2.36. The van der Waals surface area contributed by atoms with Crippen molar-refractivity contribution in [3.05, 3.63) is 24.2 Å². The monoisotopic (exact) mass is 569 g/mol. The average molecular weight is 570 g/mol. The number of hydrogen-bond acceptors (Lipinski definition) is 7. The maximum absolute atomic E-state index is 13.6. The number of carbonyl (C=O) groups is 1. The predicted octanol–water partition coefficient (Wildman–Crippen LogP) is 2.95. The Hall–Kier alpha value is -2.79. The lowest BCUT2D eigenvalue weighted by molar-refractivity contribution is -0.142. The predicted molar refractivity (Wildman–Crippen MR) is 122 cm³/mol.